The molecule has 2 rings (SSSR count). The van der Waals surface area contributed by atoms with Crippen molar-refractivity contribution in [2.45, 2.75) is 0 Å². The van der Waals surface area contributed by atoms with E-state index in [1.54, 1.807) is 45.9 Å². The summed E-state index contributed by atoms with van der Waals surface area (Å²) in [7, 11) is 4.71. The van der Waals surface area contributed by atoms with Gasteiger partial charge >= 0.3 is 0 Å². The van der Waals surface area contributed by atoms with Crippen molar-refractivity contribution in [1.82, 2.24) is 9.97 Å². The summed E-state index contributed by atoms with van der Waals surface area (Å²) in [5.41, 5.74) is 0.751. The Hall–Kier alpha value is -1.77. The Kier molecular flexibility index (Phi) is 4.83. The highest BCUT2D eigenvalue weighted by molar-refractivity contribution is 14.1. The molecule has 0 aliphatic rings. The molecule has 0 unspecified atom stereocenters. The van der Waals surface area contributed by atoms with Gasteiger partial charge in [-0.05, 0) is 22.6 Å². The summed E-state index contributed by atoms with van der Waals surface area (Å²) in [6.45, 7) is 0. The normalized spacial score (nSPS) is 10.0. The van der Waals surface area contributed by atoms with Crippen LogP contribution in [-0.2, 0) is 0 Å². The van der Waals surface area contributed by atoms with Crippen LogP contribution in [0.4, 0.5) is 11.6 Å². The third kappa shape index (κ3) is 3.21. The Balaban J connectivity index is 2.34. The maximum Gasteiger partial charge on any atom is 0.227 e. The number of hydrogen-bond donors (Lipinski definition) is 1. The summed E-state index contributed by atoms with van der Waals surface area (Å²) < 4.78 is 16.8. The molecule has 7 heteroatoms. The Morgan fingerprint density at radius 1 is 0.950 bits per heavy atom. The number of rotatable bonds is 5. The lowest BCUT2D eigenvalue weighted by molar-refractivity contribution is 0.324. The van der Waals surface area contributed by atoms with Crippen LogP contribution in [0.5, 0.6) is 17.2 Å². The number of anilines is 2. The van der Waals surface area contributed by atoms with Crippen LogP contribution in [0.15, 0.2) is 24.5 Å². The summed E-state index contributed by atoms with van der Waals surface area (Å²) >= 11 is 2.15. The average Bonchev–Trinajstić information content (AvgIpc) is 2.48. The lowest BCUT2D eigenvalue weighted by Crippen LogP contribution is -2.00. The van der Waals surface area contributed by atoms with Crippen molar-refractivity contribution >= 4 is 34.2 Å². The second-order valence-electron chi connectivity index (χ2n) is 3.76. The minimum Gasteiger partial charge on any atom is -0.493 e. The van der Waals surface area contributed by atoms with Crippen LogP contribution in [0, 0.1) is 3.57 Å². The van der Waals surface area contributed by atoms with Crippen molar-refractivity contribution < 1.29 is 14.2 Å². The molecule has 1 N–H and O–H groups in total. The van der Waals surface area contributed by atoms with Gasteiger partial charge in [0, 0.05) is 33.8 Å². The van der Waals surface area contributed by atoms with Crippen molar-refractivity contribution in [3.63, 3.8) is 0 Å². The molecule has 0 bridgehead atoms. The highest BCUT2D eigenvalue weighted by Crippen LogP contribution is 2.40. The molecule has 1 aromatic carbocycles. The molecule has 0 atom stereocenters. The fourth-order valence-corrected chi connectivity index (χ4v) is 1.94. The molecule has 1 aromatic heterocycles. The van der Waals surface area contributed by atoms with Crippen LogP contribution in [0.1, 0.15) is 0 Å². The number of nitrogens with one attached hydrogen (secondary N) is 1. The first-order valence-electron chi connectivity index (χ1n) is 5.72. The predicted octanol–water partition coefficient (Wildman–Crippen LogP) is 2.85. The number of benzene rings is 1. The van der Waals surface area contributed by atoms with E-state index in [0.29, 0.717) is 23.2 Å². The maximum atomic E-state index is 5.29. The van der Waals surface area contributed by atoms with E-state index in [4.69, 9.17) is 14.2 Å². The van der Waals surface area contributed by atoms with Crippen molar-refractivity contribution in [3.8, 4) is 17.2 Å². The van der Waals surface area contributed by atoms with E-state index in [1.165, 1.54) is 0 Å². The number of hydrogen-bond acceptors (Lipinski definition) is 6. The molecule has 0 saturated heterocycles. The summed E-state index contributed by atoms with van der Waals surface area (Å²) in [6.07, 6.45) is 3.46. The average molecular weight is 387 g/mol. The minimum absolute atomic E-state index is 0.500. The fourth-order valence-electron chi connectivity index (χ4n) is 1.66. The zero-order valence-corrected chi connectivity index (χ0v) is 13.5. The van der Waals surface area contributed by atoms with Gasteiger partial charge < -0.3 is 19.5 Å². The van der Waals surface area contributed by atoms with E-state index >= 15 is 0 Å². The molecule has 20 heavy (non-hydrogen) atoms. The SMILES string of the molecule is COc1cc(Nc2ncc(I)cn2)cc(OC)c1OC. The molecule has 2 aromatic rings. The lowest BCUT2D eigenvalue weighted by atomic mass is 10.2. The predicted molar refractivity (Wildman–Crippen MR) is 84.1 cm³/mol. The van der Waals surface area contributed by atoms with Crippen molar-refractivity contribution in [2.24, 2.45) is 0 Å². The Morgan fingerprint density at radius 2 is 1.50 bits per heavy atom. The maximum absolute atomic E-state index is 5.29. The summed E-state index contributed by atoms with van der Waals surface area (Å²) in [6, 6.07) is 3.59. The van der Waals surface area contributed by atoms with Gasteiger partial charge in [-0.15, -0.1) is 0 Å². The Morgan fingerprint density at radius 3 is 1.95 bits per heavy atom. The van der Waals surface area contributed by atoms with Gasteiger partial charge in [0.25, 0.3) is 0 Å². The van der Waals surface area contributed by atoms with Crippen LogP contribution in [0.25, 0.3) is 0 Å². The molecular weight excluding hydrogens is 373 g/mol. The van der Waals surface area contributed by atoms with Gasteiger partial charge in [0.1, 0.15) is 0 Å². The molecule has 0 spiro atoms. The van der Waals surface area contributed by atoms with Gasteiger partial charge in [-0.1, -0.05) is 0 Å². The van der Waals surface area contributed by atoms with Crippen molar-refractivity contribution in [2.75, 3.05) is 26.6 Å². The number of nitrogens with zero attached hydrogens (tertiary/aromatic N) is 2. The number of methoxy groups -OCH3 is 3. The van der Waals surface area contributed by atoms with Crippen LogP contribution in [0.2, 0.25) is 0 Å². The van der Waals surface area contributed by atoms with Crippen LogP contribution < -0.4 is 19.5 Å². The van der Waals surface area contributed by atoms with Gasteiger partial charge in [0.05, 0.1) is 21.3 Å². The van der Waals surface area contributed by atoms with E-state index in [0.717, 1.165) is 9.26 Å². The molecule has 0 aliphatic carbocycles. The smallest absolute Gasteiger partial charge is 0.227 e. The topological polar surface area (TPSA) is 65.5 Å². The third-order valence-corrected chi connectivity index (χ3v) is 3.10. The van der Waals surface area contributed by atoms with E-state index < -0.39 is 0 Å². The molecule has 0 aliphatic heterocycles. The van der Waals surface area contributed by atoms with Crippen LogP contribution >= 0.6 is 22.6 Å². The van der Waals surface area contributed by atoms with Gasteiger partial charge in [-0.3, -0.25) is 0 Å². The molecule has 0 amide bonds. The second-order valence-corrected chi connectivity index (χ2v) is 5.01. The zero-order chi connectivity index (χ0) is 14.5. The lowest BCUT2D eigenvalue weighted by Gasteiger charge is -2.14. The first-order valence-corrected chi connectivity index (χ1v) is 6.80. The fraction of sp³-hybridized carbons (Fsp3) is 0.231. The molecule has 0 fully saturated rings. The molecule has 0 radical (unpaired) electrons. The first-order chi connectivity index (χ1) is 9.67. The Bertz CT molecular complexity index is 565. The van der Waals surface area contributed by atoms with Crippen molar-refractivity contribution in [3.05, 3.63) is 28.1 Å². The molecule has 0 saturated carbocycles. The monoisotopic (exact) mass is 387 g/mol. The molecule has 6 nitrogen and oxygen atoms in total. The summed E-state index contributed by atoms with van der Waals surface area (Å²) in [4.78, 5) is 8.37. The molecular formula is C13H14IN3O3. The van der Waals surface area contributed by atoms with Crippen LogP contribution in [0.3, 0.4) is 0 Å². The van der Waals surface area contributed by atoms with E-state index in [2.05, 4.69) is 37.9 Å². The van der Waals surface area contributed by atoms with Gasteiger partial charge in [0.15, 0.2) is 11.5 Å². The van der Waals surface area contributed by atoms with E-state index in [9.17, 15) is 0 Å². The van der Waals surface area contributed by atoms with E-state index in [1.807, 2.05) is 0 Å². The standard InChI is InChI=1S/C13H14IN3O3/c1-18-10-4-9(5-11(19-2)12(10)20-3)17-13-15-6-8(14)7-16-13/h4-7H,1-3H3,(H,15,16,17). The van der Waals surface area contributed by atoms with Gasteiger partial charge in [-0.25, -0.2) is 9.97 Å². The highest BCUT2D eigenvalue weighted by Gasteiger charge is 2.13. The van der Waals surface area contributed by atoms with Gasteiger partial charge in [-0.2, -0.15) is 0 Å². The van der Waals surface area contributed by atoms with Crippen LogP contribution in [-0.4, -0.2) is 31.3 Å². The first kappa shape index (κ1) is 14.6. The number of ether oxygens (including phenoxy) is 3. The summed E-state index contributed by atoms with van der Waals surface area (Å²) in [5, 5.41) is 3.09. The highest BCUT2D eigenvalue weighted by atomic mass is 127. The molecule has 1 heterocycles. The zero-order valence-electron chi connectivity index (χ0n) is 11.3. The minimum atomic E-state index is 0.500. The van der Waals surface area contributed by atoms with Gasteiger partial charge in [0.2, 0.25) is 11.7 Å². The Labute approximate surface area is 130 Å². The summed E-state index contributed by atoms with van der Waals surface area (Å²) in [5.74, 6) is 2.18. The number of halogens is 1. The third-order valence-electron chi connectivity index (χ3n) is 2.54. The largest absolute Gasteiger partial charge is 0.493 e. The quantitative estimate of drug-likeness (QED) is 0.797. The molecule has 106 valence electrons. The van der Waals surface area contributed by atoms with Crippen molar-refractivity contribution in [1.29, 1.82) is 0 Å². The number of aromatic nitrogens is 2. The second kappa shape index (κ2) is 6.60. The van der Waals surface area contributed by atoms with E-state index in [-0.39, 0.29) is 0 Å².